The summed E-state index contributed by atoms with van der Waals surface area (Å²) in [5, 5.41) is 0. The molecular weight excluding hydrogens is 316 g/mol. The summed E-state index contributed by atoms with van der Waals surface area (Å²) in [4.78, 5) is 40.6. The summed E-state index contributed by atoms with van der Waals surface area (Å²) in [6.07, 6.45) is 5.24. The number of hydrogen-bond acceptors (Lipinski definition) is 3. The number of nitrogens with zero attached hydrogens (tertiary/aromatic N) is 2. The number of likely N-dealkylation sites (tertiary alicyclic amines) is 1. The predicted octanol–water partition coefficient (Wildman–Crippen LogP) is 2.16. The molecular formula is C20H22N2O3. The number of imide groups is 1. The van der Waals surface area contributed by atoms with Gasteiger partial charge in [0.1, 0.15) is 0 Å². The van der Waals surface area contributed by atoms with Gasteiger partial charge in [0.15, 0.2) is 0 Å². The number of fused-ring (bicyclic) bond motifs is 5. The van der Waals surface area contributed by atoms with Gasteiger partial charge in [-0.25, -0.2) is 0 Å². The van der Waals surface area contributed by atoms with E-state index in [4.69, 9.17) is 0 Å². The molecule has 2 fully saturated rings. The van der Waals surface area contributed by atoms with Crippen LogP contribution in [0.2, 0.25) is 0 Å². The van der Waals surface area contributed by atoms with E-state index in [-0.39, 0.29) is 54.4 Å². The molecule has 2 aliphatic carbocycles. The van der Waals surface area contributed by atoms with Gasteiger partial charge in [-0.05, 0) is 42.9 Å². The summed E-state index contributed by atoms with van der Waals surface area (Å²) < 4.78 is 0. The Bertz CT molecular complexity index is 755. The molecule has 0 spiro atoms. The number of carbonyl (C=O) groups is 3. The highest BCUT2D eigenvalue weighted by Gasteiger charge is 2.59. The Morgan fingerprint density at radius 1 is 1.16 bits per heavy atom. The van der Waals surface area contributed by atoms with E-state index >= 15 is 0 Å². The van der Waals surface area contributed by atoms with Gasteiger partial charge in [-0.1, -0.05) is 24.3 Å². The van der Waals surface area contributed by atoms with Gasteiger partial charge in [0.2, 0.25) is 17.7 Å². The van der Waals surface area contributed by atoms with Crippen LogP contribution in [0.4, 0.5) is 5.69 Å². The number of aryl methyl sites for hydroxylation is 1. The second-order valence-corrected chi connectivity index (χ2v) is 7.37. The molecule has 5 nitrogen and oxygen atoms in total. The lowest BCUT2D eigenvalue weighted by Gasteiger charge is -2.21. The smallest absolute Gasteiger partial charge is 0.233 e. The molecule has 1 heterocycles. The number of carbonyl (C=O) groups excluding carboxylic acids is 3. The standard InChI is InChI=1S/C20H22N2O3/c1-12-4-3-5-15(10-12)21(2)16(23)8-9-22-19(24)17-13-6-7-14(11-13)18(17)20(22)25/h3-7,10,13-14,17-18H,8-9,11H2,1-2H3/t13-,14-,17-,18+/m0/s1. The molecule has 5 heteroatoms. The van der Waals surface area contributed by atoms with Crippen molar-refractivity contribution >= 4 is 23.4 Å². The Kier molecular flexibility index (Phi) is 3.74. The Balaban J connectivity index is 1.41. The molecule has 1 aromatic carbocycles. The van der Waals surface area contributed by atoms with Crippen LogP contribution in [0.5, 0.6) is 0 Å². The van der Waals surface area contributed by atoms with Crippen LogP contribution < -0.4 is 4.90 Å². The minimum absolute atomic E-state index is 0.0853. The van der Waals surface area contributed by atoms with Crippen molar-refractivity contribution in [2.75, 3.05) is 18.5 Å². The Morgan fingerprint density at radius 2 is 1.80 bits per heavy atom. The van der Waals surface area contributed by atoms with Crippen LogP contribution in [0.3, 0.4) is 0 Å². The zero-order valence-electron chi connectivity index (χ0n) is 14.5. The minimum Gasteiger partial charge on any atom is -0.315 e. The normalized spacial score (nSPS) is 29.4. The van der Waals surface area contributed by atoms with Crippen LogP contribution in [-0.4, -0.2) is 36.2 Å². The van der Waals surface area contributed by atoms with Gasteiger partial charge in [-0.2, -0.15) is 0 Å². The molecule has 3 amide bonds. The van der Waals surface area contributed by atoms with Crippen molar-refractivity contribution < 1.29 is 14.4 Å². The Hall–Kier alpha value is -2.43. The van der Waals surface area contributed by atoms with Gasteiger partial charge >= 0.3 is 0 Å². The molecule has 0 aromatic heterocycles. The van der Waals surface area contributed by atoms with E-state index < -0.39 is 0 Å². The second-order valence-electron chi connectivity index (χ2n) is 7.37. The maximum atomic E-state index is 12.6. The molecule has 0 N–H and O–H groups in total. The number of amides is 3. The largest absolute Gasteiger partial charge is 0.315 e. The molecule has 1 aromatic rings. The summed E-state index contributed by atoms with van der Waals surface area (Å²) in [6.45, 7) is 2.16. The molecule has 1 saturated carbocycles. The molecule has 3 aliphatic rings. The van der Waals surface area contributed by atoms with Gasteiger partial charge in [-0.3, -0.25) is 19.3 Å². The lowest BCUT2D eigenvalue weighted by Crippen LogP contribution is -2.37. The third-order valence-corrected chi connectivity index (χ3v) is 5.87. The average molecular weight is 338 g/mol. The SMILES string of the molecule is Cc1cccc(N(C)C(=O)CCN2C(=O)[C@@H]3[C@H](C2=O)[C@H]2C=C[C@H]3C2)c1. The van der Waals surface area contributed by atoms with E-state index in [1.807, 2.05) is 31.2 Å². The van der Waals surface area contributed by atoms with Crippen LogP contribution in [0.1, 0.15) is 18.4 Å². The fourth-order valence-electron chi connectivity index (χ4n) is 4.54. The van der Waals surface area contributed by atoms with E-state index in [0.29, 0.717) is 0 Å². The summed E-state index contributed by atoms with van der Waals surface area (Å²) in [5.74, 6) is -0.219. The number of anilines is 1. The average Bonchev–Trinajstić information content (AvgIpc) is 3.27. The first-order valence-electron chi connectivity index (χ1n) is 8.84. The molecule has 4 atom stereocenters. The molecule has 25 heavy (non-hydrogen) atoms. The molecule has 1 aliphatic heterocycles. The van der Waals surface area contributed by atoms with Crippen molar-refractivity contribution in [1.82, 2.24) is 4.90 Å². The van der Waals surface area contributed by atoms with E-state index in [1.54, 1.807) is 11.9 Å². The van der Waals surface area contributed by atoms with Gasteiger partial charge in [0.25, 0.3) is 0 Å². The van der Waals surface area contributed by atoms with Crippen molar-refractivity contribution in [3.8, 4) is 0 Å². The number of benzene rings is 1. The van der Waals surface area contributed by atoms with Crippen molar-refractivity contribution in [3.05, 3.63) is 42.0 Å². The zero-order chi connectivity index (χ0) is 17.7. The maximum Gasteiger partial charge on any atom is 0.233 e. The summed E-state index contributed by atoms with van der Waals surface area (Å²) in [6, 6.07) is 7.71. The lowest BCUT2D eigenvalue weighted by molar-refractivity contribution is -0.140. The topological polar surface area (TPSA) is 57.7 Å². The predicted molar refractivity (Wildman–Crippen MR) is 93.6 cm³/mol. The van der Waals surface area contributed by atoms with Gasteiger partial charge in [0, 0.05) is 25.7 Å². The van der Waals surface area contributed by atoms with E-state index in [2.05, 4.69) is 12.2 Å². The van der Waals surface area contributed by atoms with E-state index in [9.17, 15) is 14.4 Å². The number of hydrogen-bond donors (Lipinski definition) is 0. The fourth-order valence-corrected chi connectivity index (χ4v) is 4.54. The first-order chi connectivity index (χ1) is 12.0. The fraction of sp³-hybridized carbons (Fsp3) is 0.450. The minimum atomic E-state index is -0.188. The summed E-state index contributed by atoms with van der Waals surface area (Å²) in [7, 11) is 1.73. The van der Waals surface area contributed by atoms with Crippen LogP contribution in [0.15, 0.2) is 36.4 Å². The van der Waals surface area contributed by atoms with Crippen molar-refractivity contribution in [2.45, 2.75) is 19.8 Å². The summed E-state index contributed by atoms with van der Waals surface area (Å²) >= 11 is 0. The number of allylic oxidation sites excluding steroid dienone is 2. The third-order valence-electron chi connectivity index (χ3n) is 5.87. The van der Waals surface area contributed by atoms with Crippen molar-refractivity contribution in [3.63, 3.8) is 0 Å². The van der Waals surface area contributed by atoms with Gasteiger partial charge < -0.3 is 4.90 Å². The van der Waals surface area contributed by atoms with Crippen molar-refractivity contribution in [2.24, 2.45) is 23.7 Å². The monoisotopic (exact) mass is 338 g/mol. The second kappa shape index (κ2) is 5.83. The highest BCUT2D eigenvalue weighted by Crippen LogP contribution is 2.52. The lowest BCUT2D eigenvalue weighted by atomic mass is 9.85. The molecule has 0 unspecified atom stereocenters. The molecule has 1 saturated heterocycles. The van der Waals surface area contributed by atoms with Crippen molar-refractivity contribution in [1.29, 1.82) is 0 Å². The molecule has 130 valence electrons. The highest BCUT2D eigenvalue weighted by atomic mass is 16.2. The zero-order valence-corrected chi connectivity index (χ0v) is 14.5. The quantitative estimate of drug-likeness (QED) is 0.624. The van der Waals surface area contributed by atoms with Gasteiger partial charge in [0.05, 0.1) is 11.8 Å². The Morgan fingerprint density at radius 3 is 2.40 bits per heavy atom. The highest BCUT2D eigenvalue weighted by molar-refractivity contribution is 6.06. The third kappa shape index (κ3) is 2.49. The van der Waals surface area contributed by atoms with Crippen LogP contribution >= 0.6 is 0 Å². The first kappa shape index (κ1) is 16.1. The van der Waals surface area contributed by atoms with E-state index in [1.165, 1.54) is 4.90 Å². The number of rotatable bonds is 4. The van der Waals surface area contributed by atoms with Gasteiger partial charge in [-0.15, -0.1) is 0 Å². The molecule has 0 radical (unpaired) electrons. The summed E-state index contributed by atoms with van der Waals surface area (Å²) in [5.41, 5.74) is 1.90. The van der Waals surface area contributed by atoms with Crippen LogP contribution in [0.25, 0.3) is 0 Å². The first-order valence-corrected chi connectivity index (χ1v) is 8.84. The maximum absolute atomic E-state index is 12.6. The Labute approximate surface area is 147 Å². The molecule has 4 rings (SSSR count). The van der Waals surface area contributed by atoms with Crippen LogP contribution in [0, 0.1) is 30.6 Å². The molecule has 2 bridgehead atoms. The van der Waals surface area contributed by atoms with Crippen LogP contribution in [-0.2, 0) is 14.4 Å². The van der Waals surface area contributed by atoms with E-state index in [0.717, 1.165) is 17.7 Å².